The molecule has 0 amide bonds. The number of carboxylic acids is 1. The molecule has 0 spiro atoms. The predicted molar refractivity (Wildman–Crippen MR) is 99.9 cm³/mol. The first-order valence-electron chi connectivity index (χ1n) is 7.90. The van der Waals surface area contributed by atoms with Crippen LogP contribution in [0.3, 0.4) is 0 Å². The molecule has 0 saturated heterocycles. The molecular formula is C19H17N5O3. The van der Waals surface area contributed by atoms with Gasteiger partial charge in [0.05, 0.1) is 17.3 Å². The molecule has 6 N–H and O–H groups in total. The van der Waals surface area contributed by atoms with E-state index in [1.54, 1.807) is 29.1 Å². The number of carbonyl (C=O) groups is 1. The van der Waals surface area contributed by atoms with E-state index < -0.39 is 11.7 Å². The van der Waals surface area contributed by atoms with Crippen LogP contribution in [0.2, 0.25) is 0 Å². The number of rotatable bonds is 4. The summed E-state index contributed by atoms with van der Waals surface area (Å²) in [5.41, 5.74) is 9.50. The van der Waals surface area contributed by atoms with Crippen molar-refractivity contribution in [3.05, 3.63) is 71.4 Å². The summed E-state index contributed by atoms with van der Waals surface area (Å²) in [6.45, 7) is 0. The number of aryl methyl sites for hydroxylation is 1. The largest absolute Gasteiger partial charge is 0.476 e. The highest BCUT2D eigenvalue weighted by Gasteiger charge is 2.12. The zero-order valence-corrected chi connectivity index (χ0v) is 14.4. The molecule has 0 radical (unpaired) electrons. The van der Waals surface area contributed by atoms with Crippen LogP contribution in [0.5, 0.6) is 5.75 Å². The standard InChI is InChI=1S/C19H17N5O3/c1-24-17-13(5-3-6-14(17)11-22-24)9-8-12-4-2-7-15(10-12)27-18(23-21)16(20)19(25)26/h2-7,10-11,23H,20-21H2,1H3,(H,25,26)/b18-16+. The number of aromatic nitrogens is 2. The normalized spacial score (nSPS) is 11.3. The molecule has 0 saturated carbocycles. The zero-order chi connectivity index (χ0) is 19.4. The van der Waals surface area contributed by atoms with E-state index in [4.69, 9.17) is 21.4 Å². The summed E-state index contributed by atoms with van der Waals surface area (Å²) in [5, 5.41) is 14.2. The highest BCUT2D eigenvalue weighted by Crippen LogP contribution is 2.18. The molecule has 136 valence electrons. The lowest BCUT2D eigenvalue weighted by atomic mass is 10.1. The molecule has 3 rings (SSSR count). The van der Waals surface area contributed by atoms with Gasteiger partial charge in [-0.25, -0.2) is 10.6 Å². The van der Waals surface area contributed by atoms with Crippen molar-refractivity contribution in [2.24, 2.45) is 18.6 Å². The molecule has 1 heterocycles. The number of carboxylic acid groups (broad SMARTS) is 1. The number of aliphatic carboxylic acids is 1. The Labute approximate surface area is 155 Å². The molecule has 0 aliphatic heterocycles. The average Bonchev–Trinajstić information content (AvgIpc) is 3.06. The molecule has 2 aromatic carbocycles. The lowest BCUT2D eigenvalue weighted by Crippen LogP contribution is -2.31. The number of para-hydroxylation sites is 1. The number of ether oxygens (including phenoxy) is 1. The first-order valence-corrected chi connectivity index (χ1v) is 7.90. The van der Waals surface area contributed by atoms with Gasteiger partial charge in [-0.3, -0.25) is 10.1 Å². The molecule has 8 nitrogen and oxygen atoms in total. The van der Waals surface area contributed by atoms with Gasteiger partial charge >= 0.3 is 5.97 Å². The van der Waals surface area contributed by atoms with E-state index in [0.29, 0.717) is 11.3 Å². The molecule has 1 aromatic heterocycles. The predicted octanol–water partition coefficient (Wildman–Crippen LogP) is 1.03. The fourth-order valence-electron chi connectivity index (χ4n) is 2.49. The van der Waals surface area contributed by atoms with Crippen molar-refractivity contribution in [2.45, 2.75) is 0 Å². The Morgan fingerprint density at radius 1 is 1.26 bits per heavy atom. The second-order valence-corrected chi connectivity index (χ2v) is 5.58. The third-order valence-corrected chi connectivity index (χ3v) is 3.76. The highest BCUT2D eigenvalue weighted by molar-refractivity contribution is 5.86. The van der Waals surface area contributed by atoms with Crippen LogP contribution in [0, 0.1) is 11.8 Å². The molecule has 3 aromatic rings. The minimum Gasteiger partial charge on any atom is -0.476 e. The van der Waals surface area contributed by atoms with Gasteiger partial charge in [0.1, 0.15) is 5.75 Å². The summed E-state index contributed by atoms with van der Waals surface area (Å²) in [6.07, 6.45) is 1.79. The molecule has 8 heteroatoms. The summed E-state index contributed by atoms with van der Waals surface area (Å²) >= 11 is 0. The smallest absolute Gasteiger partial charge is 0.357 e. The van der Waals surface area contributed by atoms with Crippen LogP contribution in [0.15, 0.2) is 60.2 Å². The maximum atomic E-state index is 10.9. The van der Waals surface area contributed by atoms with Crippen molar-refractivity contribution >= 4 is 16.9 Å². The van der Waals surface area contributed by atoms with Gasteiger partial charge < -0.3 is 15.6 Å². The van der Waals surface area contributed by atoms with E-state index in [0.717, 1.165) is 16.5 Å². The average molecular weight is 363 g/mol. The first kappa shape index (κ1) is 17.8. The Morgan fingerprint density at radius 3 is 2.78 bits per heavy atom. The fraction of sp³-hybridized carbons (Fsp3) is 0.0526. The minimum atomic E-state index is -1.34. The highest BCUT2D eigenvalue weighted by atomic mass is 16.5. The topological polar surface area (TPSA) is 128 Å². The van der Waals surface area contributed by atoms with E-state index in [-0.39, 0.29) is 5.88 Å². The maximum Gasteiger partial charge on any atom is 0.357 e. The van der Waals surface area contributed by atoms with Crippen LogP contribution in [0.25, 0.3) is 10.9 Å². The van der Waals surface area contributed by atoms with Crippen molar-refractivity contribution in [3.8, 4) is 17.6 Å². The fourth-order valence-corrected chi connectivity index (χ4v) is 2.49. The Morgan fingerprint density at radius 2 is 2.04 bits per heavy atom. The number of nitrogens with one attached hydrogen (secondary N) is 1. The number of nitrogens with two attached hydrogens (primary N) is 2. The van der Waals surface area contributed by atoms with E-state index >= 15 is 0 Å². The summed E-state index contributed by atoms with van der Waals surface area (Å²) < 4.78 is 7.19. The zero-order valence-electron chi connectivity index (χ0n) is 14.4. The summed E-state index contributed by atoms with van der Waals surface area (Å²) in [5.74, 6) is 10.2. The van der Waals surface area contributed by atoms with Crippen LogP contribution in [0.1, 0.15) is 11.1 Å². The van der Waals surface area contributed by atoms with Crippen LogP contribution in [-0.4, -0.2) is 20.9 Å². The van der Waals surface area contributed by atoms with Crippen LogP contribution in [-0.2, 0) is 11.8 Å². The van der Waals surface area contributed by atoms with Crippen LogP contribution in [0.4, 0.5) is 0 Å². The number of nitrogens with zero attached hydrogens (tertiary/aromatic N) is 2. The van der Waals surface area contributed by atoms with Gasteiger partial charge in [0, 0.05) is 18.0 Å². The lowest BCUT2D eigenvalue weighted by molar-refractivity contribution is -0.132. The SMILES string of the molecule is Cn1ncc2cccc(C#Cc3cccc(O/C(NN)=C(/N)C(=O)O)c3)c21. The number of hydrogen-bond acceptors (Lipinski definition) is 6. The van der Waals surface area contributed by atoms with Gasteiger partial charge in [-0.15, -0.1) is 0 Å². The van der Waals surface area contributed by atoms with Crippen molar-refractivity contribution in [2.75, 3.05) is 0 Å². The molecule has 0 atom stereocenters. The van der Waals surface area contributed by atoms with E-state index in [1.165, 1.54) is 0 Å². The second kappa shape index (κ2) is 7.51. The molecule has 27 heavy (non-hydrogen) atoms. The summed E-state index contributed by atoms with van der Waals surface area (Å²) in [6, 6.07) is 12.7. The van der Waals surface area contributed by atoms with Crippen LogP contribution >= 0.6 is 0 Å². The van der Waals surface area contributed by atoms with Gasteiger partial charge in [-0.05, 0) is 24.3 Å². The number of benzene rings is 2. The van der Waals surface area contributed by atoms with Gasteiger partial charge in [-0.2, -0.15) is 5.10 Å². The minimum absolute atomic E-state index is 0.257. The molecule has 0 aliphatic rings. The van der Waals surface area contributed by atoms with Gasteiger partial charge in [-0.1, -0.05) is 30.0 Å². The van der Waals surface area contributed by atoms with Crippen molar-refractivity contribution in [1.29, 1.82) is 0 Å². The van der Waals surface area contributed by atoms with Gasteiger partial charge in [0.2, 0.25) is 5.88 Å². The maximum absolute atomic E-state index is 10.9. The quantitative estimate of drug-likeness (QED) is 0.179. The first-order chi connectivity index (χ1) is 13.0. The summed E-state index contributed by atoms with van der Waals surface area (Å²) in [4.78, 5) is 10.9. The molecule has 0 bridgehead atoms. The van der Waals surface area contributed by atoms with Crippen molar-refractivity contribution < 1.29 is 14.6 Å². The lowest BCUT2D eigenvalue weighted by Gasteiger charge is -2.10. The van der Waals surface area contributed by atoms with Crippen molar-refractivity contribution in [1.82, 2.24) is 15.2 Å². The number of fused-ring (bicyclic) bond motifs is 1. The van der Waals surface area contributed by atoms with E-state index in [1.807, 2.05) is 31.3 Å². The third-order valence-electron chi connectivity index (χ3n) is 3.76. The Kier molecular flexibility index (Phi) is 4.97. The van der Waals surface area contributed by atoms with Crippen LogP contribution < -0.4 is 21.7 Å². The van der Waals surface area contributed by atoms with Crippen molar-refractivity contribution in [3.63, 3.8) is 0 Å². The van der Waals surface area contributed by atoms with Gasteiger partial charge in [0.15, 0.2) is 5.70 Å². The Balaban J connectivity index is 1.91. The van der Waals surface area contributed by atoms with Gasteiger partial charge in [0.25, 0.3) is 0 Å². The second-order valence-electron chi connectivity index (χ2n) is 5.58. The number of hydrazine groups is 1. The molecule has 0 aliphatic carbocycles. The van der Waals surface area contributed by atoms with E-state index in [9.17, 15) is 4.79 Å². The number of hydrogen-bond donors (Lipinski definition) is 4. The molecule has 0 fully saturated rings. The molecular weight excluding hydrogens is 346 g/mol. The molecule has 0 unspecified atom stereocenters. The Hall–Kier alpha value is -3.96. The Bertz CT molecular complexity index is 1110. The monoisotopic (exact) mass is 363 g/mol. The van der Waals surface area contributed by atoms with E-state index in [2.05, 4.69) is 22.4 Å². The third kappa shape index (κ3) is 3.84. The summed E-state index contributed by atoms with van der Waals surface area (Å²) in [7, 11) is 1.86.